The average Bonchev–Trinajstić information content (AvgIpc) is 2.85. The zero-order valence-electron chi connectivity index (χ0n) is 12.1. The third-order valence-electron chi connectivity index (χ3n) is 3.84. The van der Waals surface area contributed by atoms with Crippen molar-refractivity contribution in [2.75, 3.05) is 6.54 Å². The molecule has 8 heteroatoms. The molecule has 2 rings (SSSR count). The van der Waals surface area contributed by atoms with E-state index in [4.69, 9.17) is 5.11 Å². The van der Waals surface area contributed by atoms with Crippen molar-refractivity contribution in [3.8, 4) is 0 Å². The summed E-state index contributed by atoms with van der Waals surface area (Å²) in [6.07, 6.45) is 5.38. The van der Waals surface area contributed by atoms with Gasteiger partial charge in [0.15, 0.2) is 0 Å². The first-order chi connectivity index (χ1) is 10.1. The Bertz CT molecular complexity index is 502. The number of nitrogens with zero attached hydrogens (tertiary/aromatic N) is 3. The summed E-state index contributed by atoms with van der Waals surface area (Å²) in [5.41, 5.74) is 0. The van der Waals surface area contributed by atoms with E-state index in [9.17, 15) is 9.59 Å². The number of hydrogen-bond donors (Lipinski definition) is 3. The summed E-state index contributed by atoms with van der Waals surface area (Å²) in [7, 11) is 1.84. The van der Waals surface area contributed by atoms with Crippen LogP contribution in [0.5, 0.6) is 0 Å². The molecule has 0 aliphatic heterocycles. The van der Waals surface area contributed by atoms with Gasteiger partial charge in [0.05, 0.1) is 5.92 Å². The van der Waals surface area contributed by atoms with Crippen molar-refractivity contribution in [2.45, 2.75) is 38.1 Å². The van der Waals surface area contributed by atoms with Gasteiger partial charge >= 0.3 is 12.0 Å². The monoisotopic (exact) mass is 295 g/mol. The van der Waals surface area contributed by atoms with Crippen LogP contribution in [0.25, 0.3) is 0 Å². The van der Waals surface area contributed by atoms with Gasteiger partial charge in [0.25, 0.3) is 0 Å². The molecule has 1 heterocycles. The minimum absolute atomic E-state index is 0.286. The van der Waals surface area contributed by atoms with Crippen molar-refractivity contribution >= 4 is 12.0 Å². The topological polar surface area (TPSA) is 109 Å². The summed E-state index contributed by atoms with van der Waals surface area (Å²) in [6, 6.07) is -0.610. The second-order valence-corrected chi connectivity index (χ2v) is 5.34. The van der Waals surface area contributed by atoms with Crippen molar-refractivity contribution in [3.05, 3.63) is 12.2 Å². The zero-order chi connectivity index (χ0) is 15.2. The van der Waals surface area contributed by atoms with Gasteiger partial charge in [-0.1, -0.05) is 12.8 Å². The molecule has 0 aromatic carbocycles. The van der Waals surface area contributed by atoms with Crippen molar-refractivity contribution < 1.29 is 14.7 Å². The summed E-state index contributed by atoms with van der Waals surface area (Å²) < 4.78 is 1.79. The molecular formula is C13H21N5O3. The molecule has 1 saturated carbocycles. The predicted molar refractivity (Wildman–Crippen MR) is 74.6 cm³/mol. The number of carbonyl (C=O) groups is 2. The van der Waals surface area contributed by atoms with Crippen LogP contribution in [-0.2, 0) is 18.3 Å². The fourth-order valence-electron chi connectivity index (χ4n) is 2.64. The molecule has 1 aromatic heterocycles. The normalized spacial score (nSPS) is 21.8. The third kappa shape index (κ3) is 4.17. The van der Waals surface area contributed by atoms with Crippen molar-refractivity contribution in [3.63, 3.8) is 0 Å². The third-order valence-corrected chi connectivity index (χ3v) is 3.84. The molecule has 0 saturated heterocycles. The number of aliphatic carboxylic acids is 1. The van der Waals surface area contributed by atoms with E-state index >= 15 is 0 Å². The standard InChI is InChI=1S/C13H21N5O3/c1-18-8-15-17-11(18)6-7-14-13(21)16-10-5-3-2-4-9(10)12(19)20/h8-10H,2-7H2,1H3,(H,19,20)(H2,14,16,21). The minimum Gasteiger partial charge on any atom is -0.481 e. The van der Waals surface area contributed by atoms with E-state index < -0.39 is 11.9 Å². The lowest BCUT2D eigenvalue weighted by Crippen LogP contribution is -2.49. The average molecular weight is 295 g/mol. The highest BCUT2D eigenvalue weighted by molar-refractivity contribution is 5.76. The fourth-order valence-corrected chi connectivity index (χ4v) is 2.64. The number of urea groups is 1. The quantitative estimate of drug-likeness (QED) is 0.724. The van der Waals surface area contributed by atoms with Crippen LogP contribution < -0.4 is 10.6 Å². The molecule has 8 nitrogen and oxygen atoms in total. The summed E-state index contributed by atoms with van der Waals surface area (Å²) >= 11 is 0. The van der Waals surface area contributed by atoms with Crippen LogP contribution in [0, 0.1) is 5.92 Å². The van der Waals surface area contributed by atoms with Crippen molar-refractivity contribution in [1.29, 1.82) is 0 Å². The number of hydrogen-bond acceptors (Lipinski definition) is 4. The highest BCUT2D eigenvalue weighted by Crippen LogP contribution is 2.24. The van der Waals surface area contributed by atoms with Crippen LogP contribution in [0.3, 0.4) is 0 Å². The number of carboxylic acids is 1. The molecule has 21 heavy (non-hydrogen) atoms. The van der Waals surface area contributed by atoms with Crippen molar-refractivity contribution in [1.82, 2.24) is 25.4 Å². The summed E-state index contributed by atoms with van der Waals surface area (Å²) in [5.74, 6) is -0.529. The number of carbonyl (C=O) groups excluding carboxylic acids is 1. The van der Waals surface area contributed by atoms with Gasteiger partial charge in [-0.2, -0.15) is 0 Å². The summed E-state index contributed by atoms with van der Waals surface area (Å²) in [4.78, 5) is 23.0. The smallest absolute Gasteiger partial charge is 0.315 e. The van der Waals surface area contributed by atoms with Crippen molar-refractivity contribution in [2.24, 2.45) is 13.0 Å². The number of carboxylic acid groups (broad SMARTS) is 1. The Kier molecular flexibility index (Phi) is 5.13. The molecule has 2 amide bonds. The predicted octanol–water partition coefficient (Wildman–Crippen LogP) is 0.300. The Balaban J connectivity index is 1.75. The van der Waals surface area contributed by atoms with Crippen LogP contribution in [0.4, 0.5) is 4.79 Å². The summed E-state index contributed by atoms with van der Waals surface area (Å²) in [5, 5.41) is 22.4. The van der Waals surface area contributed by atoms with Gasteiger partial charge < -0.3 is 20.3 Å². The maximum Gasteiger partial charge on any atom is 0.315 e. The van der Waals surface area contributed by atoms with E-state index in [2.05, 4.69) is 20.8 Å². The maximum atomic E-state index is 11.8. The minimum atomic E-state index is -0.834. The highest BCUT2D eigenvalue weighted by atomic mass is 16.4. The molecule has 1 fully saturated rings. The Labute approximate surface area is 122 Å². The Morgan fingerprint density at radius 2 is 2.19 bits per heavy atom. The zero-order valence-corrected chi connectivity index (χ0v) is 12.1. The van der Waals surface area contributed by atoms with Crippen LogP contribution in [0.2, 0.25) is 0 Å². The Morgan fingerprint density at radius 3 is 2.86 bits per heavy atom. The lowest BCUT2D eigenvalue weighted by molar-refractivity contribution is -0.143. The molecule has 1 aliphatic carbocycles. The molecule has 0 spiro atoms. The number of aryl methyl sites for hydroxylation is 1. The van der Waals surface area contributed by atoms with E-state index in [1.165, 1.54) is 0 Å². The van der Waals surface area contributed by atoms with Gasteiger partial charge in [-0.15, -0.1) is 10.2 Å². The van der Waals surface area contributed by atoms with Gasteiger partial charge in [-0.05, 0) is 12.8 Å². The molecule has 2 unspecified atom stereocenters. The first-order valence-corrected chi connectivity index (χ1v) is 7.18. The van der Waals surface area contributed by atoms with Crippen LogP contribution in [0.1, 0.15) is 31.5 Å². The molecule has 3 N–H and O–H groups in total. The Morgan fingerprint density at radius 1 is 1.43 bits per heavy atom. The lowest BCUT2D eigenvalue weighted by Gasteiger charge is -2.29. The fraction of sp³-hybridized carbons (Fsp3) is 0.692. The van der Waals surface area contributed by atoms with E-state index in [0.29, 0.717) is 25.8 Å². The lowest BCUT2D eigenvalue weighted by atomic mass is 9.84. The van der Waals surface area contributed by atoms with E-state index in [-0.39, 0.29) is 12.1 Å². The summed E-state index contributed by atoms with van der Waals surface area (Å²) in [6.45, 7) is 0.433. The first kappa shape index (κ1) is 15.3. The highest BCUT2D eigenvalue weighted by Gasteiger charge is 2.31. The van der Waals surface area contributed by atoms with Crippen LogP contribution >= 0.6 is 0 Å². The van der Waals surface area contributed by atoms with Crippen LogP contribution in [0.15, 0.2) is 6.33 Å². The number of nitrogens with one attached hydrogen (secondary N) is 2. The number of amides is 2. The second kappa shape index (κ2) is 7.05. The molecule has 0 bridgehead atoms. The second-order valence-electron chi connectivity index (χ2n) is 5.34. The van der Waals surface area contributed by atoms with Gasteiger partial charge in [-0.3, -0.25) is 4.79 Å². The molecule has 116 valence electrons. The SMILES string of the molecule is Cn1cnnc1CCNC(=O)NC1CCCCC1C(=O)O. The largest absolute Gasteiger partial charge is 0.481 e. The maximum absolute atomic E-state index is 11.8. The van der Waals surface area contributed by atoms with E-state index in [0.717, 1.165) is 18.7 Å². The van der Waals surface area contributed by atoms with Gasteiger partial charge in [0, 0.05) is 26.1 Å². The number of rotatable bonds is 5. The molecular weight excluding hydrogens is 274 g/mol. The molecule has 2 atom stereocenters. The molecule has 1 aromatic rings. The number of aromatic nitrogens is 3. The van der Waals surface area contributed by atoms with E-state index in [1.807, 2.05) is 7.05 Å². The van der Waals surface area contributed by atoms with Gasteiger partial charge in [-0.25, -0.2) is 4.79 Å². The molecule has 0 radical (unpaired) electrons. The van der Waals surface area contributed by atoms with Gasteiger partial charge in [0.1, 0.15) is 12.2 Å². The Hall–Kier alpha value is -2.12. The van der Waals surface area contributed by atoms with Crippen LogP contribution in [-0.4, -0.2) is 44.5 Å². The van der Waals surface area contributed by atoms with Gasteiger partial charge in [0.2, 0.25) is 0 Å². The molecule has 1 aliphatic rings. The van der Waals surface area contributed by atoms with E-state index in [1.54, 1.807) is 10.9 Å². The first-order valence-electron chi connectivity index (χ1n) is 7.18.